The van der Waals surface area contributed by atoms with E-state index in [9.17, 15) is 13.2 Å². The number of hydrogen-bond donors (Lipinski definition) is 1. The minimum absolute atomic E-state index is 0.0290. The maximum Gasteiger partial charge on any atom is 0.223 e. The summed E-state index contributed by atoms with van der Waals surface area (Å²) in [6, 6.07) is 9.26. The molecule has 0 saturated carbocycles. The van der Waals surface area contributed by atoms with Gasteiger partial charge >= 0.3 is 0 Å². The first-order valence-electron chi connectivity index (χ1n) is 10.4. The quantitative estimate of drug-likeness (QED) is 0.751. The molecule has 0 bridgehead atoms. The molecule has 2 aliphatic rings. The summed E-state index contributed by atoms with van der Waals surface area (Å²) in [6.07, 6.45) is 4.68. The van der Waals surface area contributed by atoms with Crippen LogP contribution in [0.5, 0.6) is 0 Å². The van der Waals surface area contributed by atoms with Gasteiger partial charge in [-0.25, -0.2) is 12.7 Å². The minimum atomic E-state index is -3.32. The first-order valence-corrected chi connectivity index (χ1v) is 12.0. The number of carbonyl (C=O) groups excluding carboxylic acids is 1. The smallest absolute Gasteiger partial charge is 0.223 e. The van der Waals surface area contributed by atoms with Gasteiger partial charge in [0.25, 0.3) is 0 Å². The van der Waals surface area contributed by atoms with Crippen LogP contribution in [0.4, 0.5) is 0 Å². The van der Waals surface area contributed by atoms with Crippen molar-refractivity contribution in [2.75, 3.05) is 39.8 Å². The lowest BCUT2D eigenvalue weighted by atomic mass is 9.93. The maximum absolute atomic E-state index is 12.6. The minimum Gasteiger partial charge on any atom is -0.356 e. The summed E-state index contributed by atoms with van der Waals surface area (Å²) in [5.74, 6) is 0.761. The fourth-order valence-corrected chi connectivity index (χ4v) is 5.73. The summed E-state index contributed by atoms with van der Waals surface area (Å²) in [7, 11) is -1.17. The zero-order valence-electron chi connectivity index (χ0n) is 16.8. The highest BCUT2D eigenvalue weighted by molar-refractivity contribution is 7.88. The summed E-state index contributed by atoms with van der Waals surface area (Å²) >= 11 is 0. The summed E-state index contributed by atoms with van der Waals surface area (Å²) in [4.78, 5) is 14.8. The standard InChI is InChI=1S/C21H33N3O3S/c1-23-13-8-18(9-14-23)7-12-22-21(25)20-10-15-24(16-11-20)28(26,27)17-19-5-3-2-4-6-19/h2-6,18,20H,7-17H2,1H3,(H,22,25). The molecule has 1 amide bonds. The number of nitrogens with zero attached hydrogens (tertiary/aromatic N) is 2. The number of nitrogens with one attached hydrogen (secondary N) is 1. The molecule has 1 aromatic rings. The third-order valence-corrected chi connectivity index (χ3v) is 7.95. The Labute approximate surface area is 169 Å². The number of amides is 1. The van der Waals surface area contributed by atoms with Gasteiger partial charge in [-0.1, -0.05) is 30.3 Å². The van der Waals surface area contributed by atoms with Gasteiger partial charge in [-0.05, 0) is 63.7 Å². The van der Waals surface area contributed by atoms with Crippen molar-refractivity contribution in [2.45, 2.75) is 37.9 Å². The monoisotopic (exact) mass is 407 g/mol. The van der Waals surface area contributed by atoms with Gasteiger partial charge in [-0.3, -0.25) is 4.79 Å². The Kier molecular flexibility index (Phi) is 7.48. The molecule has 2 aliphatic heterocycles. The van der Waals surface area contributed by atoms with Crippen LogP contribution in [0.15, 0.2) is 30.3 Å². The van der Waals surface area contributed by atoms with Crippen molar-refractivity contribution < 1.29 is 13.2 Å². The maximum atomic E-state index is 12.6. The van der Waals surface area contributed by atoms with Crippen molar-refractivity contribution in [2.24, 2.45) is 11.8 Å². The number of carbonyl (C=O) groups is 1. The van der Waals surface area contributed by atoms with Crippen molar-refractivity contribution in [3.63, 3.8) is 0 Å². The predicted molar refractivity (Wildman–Crippen MR) is 111 cm³/mol. The lowest BCUT2D eigenvalue weighted by molar-refractivity contribution is -0.126. The van der Waals surface area contributed by atoms with Gasteiger partial charge in [0.1, 0.15) is 0 Å². The van der Waals surface area contributed by atoms with Crippen LogP contribution in [0.2, 0.25) is 0 Å². The van der Waals surface area contributed by atoms with E-state index in [0.29, 0.717) is 31.8 Å². The second kappa shape index (κ2) is 9.85. The van der Waals surface area contributed by atoms with E-state index >= 15 is 0 Å². The third-order valence-electron chi connectivity index (χ3n) is 6.10. The third kappa shape index (κ3) is 6.03. The molecule has 1 N–H and O–H groups in total. The Balaban J connectivity index is 1.39. The molecular formula is C21H33N3O3S. The van der Waals surface area contributed by atoms with E-state index in [1.807, 2.05) is 30.3 Å². The number of piperidine rings is 2. The second-order valence-electron chi connectivity index (χ2n) is 8.24. The van der Waals surface area contributed by atoms with Gasteiger partial charge < -0.3 is 10.2 Å². The van der Waals surface area contributed by atoms with Crippen molar-refractivity contribution in [3.8, 4) is 0 Å². The molecule has 7 heteroatoms. The van der Waals surface area contributed by atoms with Crippen LogP contribution in [0.25, 0.3) is 0 Å². The fraction of sp³-hybridized carbons (Fsp3) is 0.667. The molecule has 2 heterocycles. The van der Waals surface area contributed by atoms with E-state index in [1.54, 1.807) is 4.31 Å². The van der Waals surface area contributed by atoms with Gasteiger partial charge in [0.05, 0.1) is 5.75 Å². The summed E-state index contributed by atoms with van der Waals surface area (Å²) in [5.41, 5.74) is 0.802. The Hall–Kier alpha value is -1.44. The van der Waals surface area contributed by atoms with Crippen LogP contribution in [-0.4, -0.2) is 63.3 Å². The Morgan fingerprint density at radius 1 is 1.04 bits per heavy atom. The first kappa shape index (κ1) is 21.3. The summed E-state index contributed by atoms with van der Waals surface area (Å²) < 4.78 is 26.8. The molecule has 2 saturated heterocycles. The highest BCUT2D eigenvalue weighted by atomic mass is 32.2. The normalized spacial score (nSPS) is 20.9. The van der Waals surface area contributed by atoms with Crippen molar-refractivity contribution in [1.82, 2.24) is 14.5 Å². The van der Waals surface area contributed by atoms with E-state index in [-0.39, 0.29) is 17.6 Å². The van der Waals surface area contributed by atoms with Gasteiger partial charge in [0, 0.05) is 25.6 Å². The molecule has 6 nitrogen and oxygen atoms in total. The molecule has 0 aliphatic carbocycles. The van der Waals surface area contributed by atoms with E-state index in [4.69, 9.17) is 0 Å². The largest absolute Gasteiger partial charge is 0.356 e. The van der Waals surface area contributed by atoms with Crippen LogP contribution < -0.4 is 5.32 Å². The number of benzene rings is 1. The van der Waals surface area contributed by atoms with Crippen LogP contribution >= 0.6 is 0 Å². The summed E-state index contributed by atoms with van der Waals surface area (Å²) in [6.45, 7) is 3.90. The molecule has 0 atom stereocenters. The Bertz CT molecular complexity index is 723. The highest BCUT2D eigenvalue weighted by Crippen LogP contribution is 2.22. The van der Waals surface area contributed by atoms with E-state index in [2.05, 4.69) is 17.3 Å². The van der Waals surface area contributed by atoms with Crippen molar-refractivity contribution in [3.05, 3.63) is 35.9 Å². The Morgan fingerprint density at radius 3 is 2.32 bits per heavy atom. The summed E-state index contributed by atoms with van der Waals surface area (Å²) in [5, 5.41) is 3.08. The van der Waals surface area contributed by atoms with Gasteiger partial charge in [-0.15, -0.1) is 0 Å². The lowest BCUT2D eigenvalue weighted by Crippen LogP contribution is -2.43. The molecule has 0 spiro atoms. The van der Waals surface area contributed by atoms with Gasteiger partial charge in [0.2, 0.25) is 15.9 Å². The number of sulfonamides is 1. The zero-order chi connectivity index (χ0) is 20.0. The van der Waals surface area contributed by atoms with Crippen LogP contribution in [0, 0.1) is 11.8 Å². The van der Waals surface area contributed by atoms with Gasteiger partial charge in [-0.2, -0.15) is 0 Å². The predicted octanol–water partition coefficient (Wildman–Crippen LogP) is 2.08. The topological polar surface area (TPSA) is 69.7 Å². The van der Waals surface area contributed by atoms with Crippen LogP contribution in [0.1, 0.15) is 37.7 Å². The number of hydrogen-bond acceptors (Lipinski definition) is 4. The Morgan fingerprint density at radius 2 is 1.68 bits per heavy atom. The average molecular weight is 408 g/mol. The van der Waals surface area contributed by atoms with E-state index in [1.165, 1.54) is 12.8 Å². The zero-order valence-corrected chi connectivity index (χ0v) is 17.7. The molecule has 0 aromatic heterocycles. The lowest BCUT2D eigenvalue weighted by Gasteiger charge is -2.31. The molecule has 28 heavy (non-hydrogen) atoms. The molecule has 3 rings (SSSR count). The van der Waals surface area contributed by atoms with Crippen molar-refractivity contribution >= 4 is 15.9 Å². The first-order chi connectivity index (χ1) is 13.4. The van der Waals surface area contributed by atoms with Crippen LogP contribution in [0.3, 0.4) is 0 Å². The van der Waals surface area contributed by atoms with Gasteiger partial charge in [0.15, 0.2) is 0 Å². The fourth-order valence-electron chi connectivity index (χ4n) is 4.17. The second-order valence-corrected chi connectivity index (χ2v) is 10.2. The number of likely N-dealkylation sites (tertiary alicyclic amines) is 1. The molecule has 0 radical (unpaired) electrons. The van der Waals surface area contributed by atoms with Crippen LogP contribution in [-0.2, 0) is 20.6 Å². The molecule has 0 unspecified atom stereocenters. The average Bonchev–Trinajstić information content (AvgIpc) is 2.70. The van der Waals surface area contributed by atoms with E-state index < -0.39 is 10.0 Å². The van der Waals surface area contributed by atoms with E-state index in [0.717, 1.165) is 31.6 Å². The highest BCUT2D eigenvalue weighted by Gasteiger charge is 2.31. The molecule has 2 fully saturated rings. The molecule has 1 aromatic carbocycles. The molecule has 156 valence electrons. The molecular weight excluding hydrogens is 374 g/mol. The van der Waals surface area contributed by atoms with Crippen molar-refractivity contribution in [1.29, 1.82) is 0 Å². The SMILES string of the molecule is CN1CCC(CCNC(=O)C2CCN(S(=O)(=O)Cc3ccccc3)CC2)CC1. The number of rotatable bonds is 7.